The van der Waals surface area contributed by atoms with E-state index in [0.29, 0.717) is 25.8 Å². The number of hydrogen-bond acceptors (Lipinski definition) is 8. The van der Waals surface area contributed by atoms with E-state index in [0.717, 1.165) is 0 Å². The Morgan fingerprint density at radius 2 is 1.34 bits per heavy atom. The Hall–Kier alpha value is -3.46. The van der Waals surface area contributed by atoms with Crippen molar-refractivity contribution in [2.24, 2.45) is 39.6 Å². The molecule has 15 nitrogen and oxygen atoms in total. The van der Waals surface area contributed by atoms with Crippen LogP contribution in [0, 0.1) is 5.92 Å². The van der Waals surface area contributed by atoms with E-state index >= 15 is 0 Å². The smallest absolute Gasteiger partial charge is 0.326 e. The molecule has 15 heteroatoms. The standard InChI is InChI=1S/C23H45N9O6/c1-3-13(2)18(26)21(36)31-14(7-4-5-11-24)19(34)30-15(9-10-17(25)33)20(35)32-16(22(37)38)8-6-12-29-23(27)28/h13-16,18H,3-12,24,26H2,1-2H3,(H2,25,33)(H,30,34)(H,31,36)(H,32,35)(H,37,38)(H4,27,28,29). The molecule has 0 saturated carbocycles. The first-order chi connectivity index (χ1) is 17.8. The van der Waals surface area contributed by atoms with Gasteiger partial charge in [0.25, 0.3) is 0 Å². The Balaban J connectivity index is 5.60. The molecule has 0 aliphatic carbocycles. The normalized spacial score (nSPS) is 14.7. The third-order valence-electron chi connectivity index (χ3n) is 6.01. The molecule has 38 heavy (non-hydrogen) atoms. The molecule has 218 valence electrons. The Bertz CT molecular complexity index is 819. The zero-order chi connectivity index (χ0) is 29.3. The fraction of sp³-hybridized carbons (Fsp3) is 0.739. The number of carbonyl (C=O) groups is 5. The van der Waals surface area contributed by atoms with Crippen LogP contribution < -0.4 is 44.6 Å². The average molecular weight is 544 g/mol. The van der Waals surface area contributed by atoms with Crippen molar-refractivity contribution < 1.29 is 29.1 Å². The zero-order valence-corrected chi connectivity index (χ0v) is 22.3. The van der Waals surface area contributed by atoms with Crippen molar-refractivity contribution in [2.75, 3.05) is 13.1 Å². The fourth-order valence-electron chi connectivity index (χ4n) is 3.40. The largest absolute Gasteiger partial charge is 0.480 e. The van der Waals surface area contributed by atoms with Gasteiger partial charge in [-0.1, -0.05) is 20.3 Å². The average Bonchev–Trinajstić information content (AvgIpc) is 2.85. The molecule has 4 amide bonds. The van der Waals surface area contributed by atoms with Gasteiger partial charge in [0.05, 0.1) is 6.04 Å². The molecule has 0 aliphatic heterocycles. The van der Waals surface area contributed by atoms with Crippen molar-refractivity contribution in [3.63, 3.8) is 0 Å². The summed E-state index contributed by atoms with van der Waals surface area (Å²) in [5.74, 6) is -4.30. The first kappa shape index (κ1) is 34.5. The van der Waals surface area contributed by atoms with Gasteiger partial charge in [-0.3, -0.25) is 24.2 Å². The predicted octanol–water partition coefficient (Wildman–Crippen LogP) is -2.65. The quantitative estimate of drug-likeness (QED) is 0.0436. The fourth-order valence-corrected chi connectivity index (χ4v) is 3.40. The maximum atomic E-state index is 13.1. The van der Waals surface area contributed by atoms with Crippen molar-refractivity contribution in [3.05, 3.63) is 0 Å². The van der Waals surface area contributed by atoms with Crippen molar-refractivity contribution in [1.29, 1.82) is 0 Å². The number of carboxylic acid groups (broad SMARTS) is 1. The summed E-state index contributed by atoms with van der Waals surface area (Å²) in [6, 6.07) is -4.44. The molecule has 5 atom stereocenters. The lowest BCUT2D eigenvalue weighted by molar-refractivity contribution is -0.142. The summed E-state index contributed by atoms with van der Waals surface area (Å²) in [5, 5.41) is 17.0. The molecule has 0 aromatic carbocycles. The van der Waals surface area contributed by atoms with Gasteiger partial charge in [-0.15, -0.1) is 0 Å². The van der Waals surface area contributed by atoms with E-state index in [-0.39, 0.29) is 50.5 Å². The monoisotopic (exact) mass is 543 g/mol. The number of nitrogens with one attached hydrogen (secondary N) is 3. The minimum absolute atomic E-state index is 0.0135. The molecule has 0 saturated heterocycles. The number of nitrogens with two attached hydrogens (primary N) is 5. The second-order valence-corrected chi connectivity index (χ2v) is 9.17. The lowest BCUT2D eigenvalue weighted by atomic mass is 9.98. The third kappa shape index (κ3) is 14.3. The summed E-state index contributed by atoms with van der Waals surface area (Å²) in [7, 11) is 0. The molecule has 0 heterocycles. The number of guanidine groups is 1. The number of carbonyl (C=O) groups excluding carboxylic acids is 4. The van der Waals surface area contributed by atoms with Gasteiger partial charge in [0.1, 0.15) is 18.1 Å². The summed E-state index contributed by atoms with van der Waals surface area (Å²) < 4.78 is 0. The summed E-state index contributed by atoms with van der Waals surface area (Å²) >= 11 is 0. The number of primary amides is 1. The molecule has 0 spiro atoms. The van der Waals surface area contributed by atoms with Crippen LogP contribution in [0.5, 0.6) is 0 Å². The highest BCUT2D eigenvalue weighted by atomic mass is 16.4. The van der Waals surface area contributed by atoms with Crippen LogP contribution in [-0.4, -0.2) is 77.9 Å². The minimum Gasteiger partial charge on any atom is -0.480 e. The molecule has 0 aliphatic rings. The van der Waals surface area contributed by atoms with Crippen LogP contribution in [0.25, 0.3) is 0 Å². The molecular weight excluding hydrogens is 498 g/mol. The first-order valence-corrected chi connectivity index (χ1v) is 12.8. The first-order valence-electron chi connectivity index (χ1n) is 12.8. The number of amides is 4. The summed E-state index contributed by atoms with van der Waals surface area (Å²) in [6.07, 6.45) is 1.86. The van der Waals surface area contributed by atoms with Gasteiger partial charge >= 0.3 is 5.97 Å². The lowest BCUT2D eigenvalue weighted by Crippen LogP contribution is -2.57. The number of nitrogens with zero attached hydrogens (tertiary/aromatic N) is 1. The van der Waals surface area contributed by atoms with E-state index in [2.05, 4.69) is 20.9 Å². The Kier molecular flexibility index (Phi) is 17.0. The van der Waals surface area contributed by atoms with Gasteiger partial charge in [0, 0.05) is 13.0 Å². The number of carboxylic acids is 1. The maximum Gasteiger partial charge on any atom is 0.326 e. The summed E-state index contributed by atoms with van der Waals surface area (Å²) in [5.41, 5.74) is 27.3. The van der Waals surface area contributed by atoms with E-state index in [1.807, 2.05) is 13.8 Å². The van der Waals surface area contributed by atoms with Crippen molar-refractivity contribution >= 4 is 35.6 Å². The molecule has 0 aromatic rings. The molecule has 5 unspecified atom stereocenters. The number of hydrogen-bond donors (Lipinski definition) is 9. The molecule has 0 fully saturated rings. The van der Waals surface area contributed by atoms with Gasteiger partial charge < -0.3 is 49.7 Å². The topological polar surface area (TPSA) is 284 Å². The van der Waals surface area contributed by atoms with Gasteiger partial charge in [-0.05, 0) is 51.0 Å². The van der Waals surface area contributed by atoms with Crippen molar-refractivity contribution in [2.45, 2.75) is 89.4 Å². The van der Waals surface area contributed by atoms with Crippen LogP contribution in [-0.2, 0) is 24.0 Å². The summed E-state index contributed by atoms with van der Waals surface area (Å²) in [4.78, 5) is 65.5. The molecule has 0 rings (SSSR count). The van der Waals surface area contributed by atoms with Crippen LogP contribution in [0.15, 0.2) is 4.99 Å². The highest BCUT2D eigenvalue weighted by molar-refractivity contribution is 5.94. The molecule has 14 N–H and O–H groups in total. The van der Waals surface area contributed by atoms with Crippen LogP contribution in [0.4, 0.5) is 0 Å². The van der Waals surface area contributed by atoms with Gasteiger partial charge in [0.2, 0.25) is 23.6 Å². The van der Waals surface area contributed by atoms with Crippen LogP contribution in [0.1, 0.15) is 65.2 Å². The van der Waals surface area contributed by atoms with E-state index in [4.69, 9.17) is 28.7 Å². The Morgan fingerprint density at radius 1 is 0.816 bits per heavy atom. The number of aliphatic imine (C=N–C) groups is 1. The van der Waals surface area contributed by atoms with Crippen molar-refractivity contribution in [1.82, 2.24) is 16.0 Å². The maximum absolute atomic E-state index is 13.1. The number of rotatable bonds is 20. The SMILES string of the molecule is CCC(C)C(N)C(=O)NC(CCCCN)C(=O)NC(CCC(N)=O)C(=O)NC(CCCN=C(N)N)C(=O)O. The second-order valence-electron chi connectivity index (χ2n) is 9.17. The highest BCUT2D eigenvalue weighted by Crippen LogP contribution is 2.09. The highest BCUT2D eigenvalue weighted by Gasteiger charge is 2.31. The van der Waals surface area contributed by atoms with Gasteiger partial charge in [-0.2, -0.15) is 0 Å². The number of unbranched alkanes of at least 4 members (excludes halogenated alkanes) is 1. The Morgan fingerprint density at radius 3 is 1.84 bits per heavy atom. The van der Waals surface area contributed by atoms with E-state index < -0.39 is 53.8 Å². The Labute approximate surface area is 223 Å². The van der Waals surface area contributed by atoms with Gasteiger partial charge in [-0.25, -0.2) is 4.79 Å². The van der Waals surface area contributed by atoms with Crippen LogP contribution in [0.3, 0.4) is 0 Å². The van der Waals surface area contributed by atoms with E-state index in [1.165, 1.54) is 0 Å². The molecule has 0 radical (unpaired) electrons. The second kappa shape index (κ2) is 18.7. The predicted molar refractivity (Wildman–Crippen MR) is 142 cm³/mol. The number of aliphatic carboxylic acids is 1. The molecule has 0 aromatic heterocycles. The van der Waals surface area contributed by atoms with Crippen LogP contribution >= 0.6 is 0 Å². The molecule has 0 bridgehead atoms. The minimum atomic E-state index is -1.30. The van der Waals surface area contributed by atoms with E-state index in [1.54, 1.807) is 0 Å². The van der Waals surface area contributed by atoms with Crippen molar-refractivity contribution in [3.8, 4) is 0 Å². The third-order valence-corrected chi connectivity index (χ3v) is 6.01. The lowest BCUT2D eigenvalue weighted by Gasteiger charge is -2.26. The molecular formula is C23H45N9O6. The summed E-state index contributed by atoms with van der Waals surface area (Å²) in [6.45, 7) is 4.25. The zero-order valence-electron chi connectivity index (χ0n) is 22.3. The van der Waals surface area contributed by atoms with Gasteiger partial charge in [0.15, 0.2) is 5.96 Å². The van der Waals surface area contributed by atoms with E-state index in [9.17, 15) is 29.1 Å². The van der Waals surface area contributed by atoms with Crippen LogP contribution in [0.2, 0.25) is 0 Å².